The Morgan fingerprint density at radius 2 is 1.17 bits per heavy atom. The highest BCUT2D eigenvalue weighted by molar-refractivity contribution is 6.67. The second-order valence-corrected chi connectivity index (χ2v) is 9.32. The number of pyridine rings is 1. The SMILES string of the molecule is CB1OCc2cc(Oc3ccc(C)cc3)ccc21.CB1OCc2cc(Oc3ccc(C)cn3)ccc21. The molecule has 6 rings (SSSR count). The van der Waals surface area contributed by atoms with Crippen molar-refractivity contribution in [3.8, 4) is 23.1 Å². The lowest BCUT2D eigenvalue weighted by Gasteiger charge is -2.07. The minimum atomic E-state index is 0.187. The van der Waals surface area contributed by atoms with Gasteiger partial charge in [-0.2, -0.15) is 0 Å². The van der Waals surface area contributed by atoms with Crippen molar-refractivity contribution in [3.63, 3.8) is 0 Å². The minimum absolute atomic E-state index is 0.187. The molecule has 1 aromatic heterocycles. The van der Waals surface area contributed by atoms with Gasteiger partial charge in [-0.05, 0) is 77.9 Å². The highest BCUT2D eigenvalue weighted by atomic mass is 16.5. The number of nitrogens with zero attached hydrogens (tertiary/aromatic N) is 1. The smallest absolute Gasteiger partial charge is 0.324 e. The average molecular weight is 477 g/mol. The molecule has 3 heterocycles. The molecular weight excluding hydrogens is 448 g/mol. The van der Waals surface area contributed by atoms with E-state index in [9.17, 15) is 0 Å². The molecule has 0 aliphatic carbocycles. The largest absolute Gasteiger partial charge is 0.457 e. The van der Waals surface area contributed by atoms with Gasteiger partial charge in [0, 0.05) is 12.3 Å². The number of rotatable bonds is 4. The van der Waals surface area contributed by atoms with Crippen LogP contribution in [0.15, 0.2) is 79.0 Å². The van der Waals surface area contributed by atoms with Gasteiger partial charge < -0.3 is 18.8 Å². The monoisotopic (exact) mass is 477 g/mol. The first-order valence-corrected chi connectivity index (χ1v) is 12.3. The van der Waals surface area contributed by atoms with Crippen molar-refractivity contribution in [1.29, 1.82) is 0 Å². The third kappa shape index (κ3) is 5.64. The number of fused-ring (bicyclic) bond motifs is 2. The number of aromatic nitrogens is 1. The van der Waals surface area contributed by atoms with E-state index in [1.165, 1.54) is 27.6 Å². The molecule has 0 unspecified atom stereocenters. The van der Waals surface area contributed by atoms with Crippen molar-refractivity contribution >= 4 is 24.8 Å². The molecule has 0 amide bonds. The summed E-state index contributed by atoms with van der Waals surface area (Å²) < 4.78 is 22.7. The summed E-state index contributed by atoms with van der Waals surface area (Å²) in [6.45, 7) is 9.94. The third-order valence-electron chi connectivity index (χ3n) is 6.45. The Kier molecular flexibility index (Phi) is 7.12. The van der Waals surface area contributed by atoms with E-state index in [1.54, 1.807) is 6.20 Å². The van der Waals surface area contributed by atoms with Crippen molar-refractivity contribution in [1.82, 2.24) is 4.98 Å². The van der Waals surface area contributed by atoms with Gasteiger partial charge >= 0.3 is 13.8 Å². The van der Waals surface area contributed by atoms with Crippen molar-refractivity contribution in [2.24, 2.45) is 0 Å². The first-order chi connectivity index (χ1) is 17.4. The molecule has 0 spiro atoms. The van der Waals surface area contributed by atoms with Crippen LogP contribution in [0, 0.1) is 13.8 Å². The highest BCUT2D eigenvalue weighted by Gasteiger charge is 2.24. The Labute approximate surface area is 213 Å². The van der Waals surface area contributed by atoms with E-state index in [2.05, 4.69) is 43.8 Å². The second-order valence-electron chi connectivity index (χ2n) is 9.32. The molecule has 0 radical (unpaired) electrons. The van der Waals surface area contributed by atoms with Crippen LogP contribution in [-0.4, -0.2) is 18.8 Å². The molecular formula is C29H29B2NO4. The maximum absolute atomic E-state index is 5.84. The number of ether oxygens (including phenoxy) is 2. The lowest BCUT2D eigenvalue weighted by molar-refractivity contribution is 0.333. The Balaban J connectivity index is 0.000000148. The van der Waals surface area contributed by atoms with E-state index in [1.807, 2.05) is 61.5 Å². The van der Waals surface area contributed by atoms with Gasteiger partial charge in [0.1, 0.15) is 17.2 Å². The zero-order valence-electron chi connectivity index (χ0n) is 21.2. The summed E-state index contributed by atoms with van der Waals surface area (Å²) in [6.07, 6.45) is 1.80. The van der Waals surface area contributed by atoms with Crippen molar-refractivity contribution in [3.05, 3.63) is 101 Å². The van der Waals surface area contributed by atoms with Crippen molar-refractivity contribution in [2.45, 2.75) is 40.7 Å². The van der Waals surface area contributed by atoms with Gasteiger partial charge in [-0.15, -0.1) is 0 Å². The molecule has 0 N–H and O–H groups in total. The summed E-state index contributed by atoms with van der Waals surface area (Å²) in [5.41, 5.74) is 7.31. The van der Waals surface area contributed by atoms with E-state index >= 15 is 0 Å². The van der Waals surface area contributed by atoms with E-state index < -0.39 is 0 Å². The van der Waals surface area contributed by atoms with Gasteiger partial charge in [0.05, 0.1) is 13.2 Å². The molecule has 0 atom stereocenters. The van der Waals surface area contributed by atoms with E-state index in [-0.39, 0.29) is 13.8 Å². The zero-order chi connectivity index (χ0) is 25.1. The Morgan fingerprint density at radius 3 is 1.72 bits per heavy atom. The van der Waals surface area contributed by atoms with Crippen molar-refractivity contribution in [2.75, 3.05) is 0 Å². The number of aryl methyl sites for hydroxylation is 2. The van der Waals surface area contributed by atoms with E-state index in [0.717, 1.165) is 22.8 Å². The van der Waals surface area contributed by atoms with Gasteiger partial charge in [0.15, 0.2) is 0 Å². The molecule has 36 heavy (non-hydrogen) atoms. The predicted octanol–water partition coefficient (Wildman–Crippen LogP) is 5.69. The fourth-order valence-corrected chi connectivity index (χ4v) is 4.32. The molecule has 2 aliphatic heterocycles. The summed E-state index contributed by atoms with van der Waals surface area (Å²) >= 11 is 0. The molecule has 0 fully saturated rings. The van der Waals surface area contributed by atoms with Gasteiger partial charge in [-0.25, -0.2) is 4.98 Å². The van der Waals surface area contributed by atoms with Crippen LogP contribution < -0.4 is 20.4 Å². The molecule has 7 heteroatoms. The summed E-state index contributed by atoms with van der Waals surface area (Å²) in [4.78, 5) is 4.23. The van der Waals surface area contributed by atoms with Crippen LogP contribution in [0.3, 0.4) is 0 Å². The van der Waals surface area contributed by atoms with Crippen LogP contribution in [0.1, 0.15) is 22.3 Å². The lowest BCUT2D eigenvalue weighted by atomic mass is 9.64. The van der Waals surface area contributed by atoms with Crippen LogP contribution in [0.2, 0.25) is 13.6 Å². The fraction of sp³-hybridized carbons (Fsp3) is 0.207. The Morgan fingerprint density at radius 1 is 0.639 bits per heavy atom. The van der Waals surface area contributed by atoms with Crippen LogP contribution in [0.5, 0.6) is 23.1 Å². The number of hydrogen-bond donors (Lipinski definition) is 0. The van der Waals surface area contributed by atoms with Gasteiger partial charge in [-0.3, -0.25) is 0 Å². The summed E-state index contributed by atoms with van der Waals surface area (Å²) in [5.74, 6) is 3.16. The number of benzene rings is 3. The molecule has 3 aromatic carbocycles. The van der Waals surface area contributed by atoms with E-state index in [0.29, 0.717) is 19.1 Å². The third-order valence-corrected chi connectivity index (χ3v) is 6.45. The normalized spacial score (nSPS) is 13.6. The first-order valence-electron chi connectivity index (χ1n) is 12.3. The molecule has 5 nitrogen and oxygen atoms in total. The van der Waals surface area contributed by atoms with Gasteiger partial charge in [0.25, 0.3) is 0 Å². The zero-order valence-corrected chi connectivity index (χ0v) is 21.2. The predicted molar refractivity (Wildman–Crippen MR) is 145 cm³/mol. The van der Waals surface area contributed by atoms with Crippen LogP contribution in [-0.2, 0) is 22.5 Å². The van der Waals surface area contributed by atoms with Gasteiger partial charge in [-0.1, -0.05) is 49.5 Å². The van der Waals surface area contributed by atoms with Crippen LogP contribution in [0.4, 0.5) is 0 Å². The van der Waals surface area contributed by atoms with Gasteiger partial charge in [0.2, 0.25) is 5.88 Å². The van der Waals surface area contributed by atoms with Crippen molar-refractivity contribution < 1.29 is 18.8 Å². The topological polar surface area (TPSA) is 49.8 Å². The Hall–Kier alpha value is -3.54. The maximum atomic E-state index is 5.84. The maximum Gasteiger partial charge on any atom is 0.324 e. The van der Waals surface area contributed by atoms with E-state index in [4.69, 9.17) is 18.8 Å². The fourth-order valence-electron chi connectivity index (χ4n) is 4.32. The van der Waals surface area contributed by atoms with Crippen LogP contribution >= 0.6 is 0 Å². The molecule has 2 aliphatic rings. The standard InChI is InChI=1S/C15H15BO2.C14H14BNO2/c1-11-3-5-13(6-4-11)18-14-7-8-15-12(9-14)10-17-16(15)2;1-10-3-6-14(16-8-10)18-12-4-5-13-11(7-12)9-17-15(13)2/h3-9H,10H2,1-2H3;3-8H,9H2,1-2H3. The quantitative estimate of drug-likeness (QED) is 0.354. The number of hydrogen-bond acceptors (Lipinski definition) is 5. The molecule has 0 bridgehead atoms. The minimum Gasteiger partial charge on any atom is -0.457 e. The Bertz CT molecular complexity index is 1240. The highest BCUT2D eigenvalue weighted by Crippen LogP contribution is 2.25. The summed E-state index contributed by atoms with van der Waals surface area (Å²) in [7, 11) is 0. The molecule has 0 saturated heterocycles. The second kappa shape index (κ2) is 10.6. The first kappa shape index (κ1) is 24.2. The summed E-state index contributed by atoms with van der Waals surface area (Å²) in [5, 5.41) is 0. The lowest BCUT2D eigenvalue weighted by Crippen LogP contribution is -2.23. The molecule has 0 saturated carbocycles. The average Bonchev–Trinajstić information content (AvgIpc) is 3.44. The van der Waals surface area contributed by atoms with Crippen LogP contribution in [0.25, 0.3) is 0 Å². The molecule has 4 aromatic rings. The summed E-state index contributed by atoms with van der Waals surface area (Å²) in [6, 6.07) is 24.2. The molecule has 180 valence electrons.